The molecular weight excluding hydrogens is 343 g/mol. The number of aryl methyl sites for hydroxylation is 1. The Bertz CT molecular complexity index is 788. The third kappa shape index (κ3) is 5.08. The molecule has 7 heteroatoms. The van der Waals surface area contributed by atoms with Crippen LogP contribution in [0.3, 0.4) is 0 Å². The molecule has 0 spiro atoms. The maximum Gasteiger partial charge on any atom is 0.416 e. The summed E-state index contributed by atoms with van der Waals surface area (Å²) in [6.07, 6.45) is -3.82. The molecule has 1 aliphatic rings. The Kier molecular flexibility index (Phi) is 6.02. The van der Waals surface area contributed by atoms with Crippen LogP contribution in [-0.4, -0.2) is 23.8 Å². The molecule has 0 bridgehead atoms. The molecule has 0 fully saturated rings. The number of benzene rings is 2. The minimum absolute atomic E-state index is 0.0130. The van der Waals surface area contributed by atoms with E-state index in [4.69, 9.17) is 5.73 Å². The first-order valence-corrected chi connectivity index (χ1v) is 7.97. The number of nitrogens with zero attached hydrogens (tertiary/aromatic N) is 2. The fraction of sp³-hybridized carbons (Fsp3) is 0.263. The van der Waals surface area contributed by atoms with Crippen molar-refractivity contribution in [3.8, 4) is 0 Å². The van der Waals surface area contributed by atoms with Crippen molar-refractivity contribution in [3.63, 3.8) is 0 Å². The first-order chi connectivity index (χ1) is 12.2. The van der Waals surface area contributed by atoms with Crippen LogP contribution < -0.4 is 5.73 Å². The minimum atomic E-state index is -4.21. The van der Waals surface area contributed by atoms with Crippen molar-refractivity contribution in [3.05, 3.63) is 71.3 Å². The molecule has 1 atom stereocenters. The number of rotatable bonds is 1. The van der Waals surface area contributed by atoms with Gasteiger partial charge in [-0.15, -0.1) is 0 Å². The van der Waals surface area contributed by atoms with E-state index in [0.29, 0.717) is 12.4 Å². The third-order valence-corrected chi connectivity index (χ3v) is 3.90. The van der Waals surface area contributed by atoms with Crippen molar-refractivity contribution in [1.82, 2.24) is 4.90 Å². The molecule has 138 valence electrons. The zero-order valence-electron chi connectivity index (χ0n) is 14.5. The van der Waals surface area contributed by atoms with E-state index in [2.05, 4.69) is 4.99 Å². The number of hydrogen-bond donors (Lipinski definition) is 1. The van der Waals surface area contributed by atoms with E-state index in [1.165, 1.54) is 17.0 Å². The molecule has 2 aromatic carbocycles. The van der Waals surface area contributed by atoms with Crippen LogP contribution >= 0.6 is 0 Å². The van der Waals surface area contributed by atoms with Gasteiger partial charge < -0.3 is 5.73 Å². The number of amides is 1. The third-order valence-electron chi connectivity index (χ3n) is 3.90. The Morgan fingerprint density at radius 3 is 2.27 bits per heavy atom. The summed E-state index contributed by atoms with van der Waals surface area (Å²) in [5.74, 6) is 0.307. The summed E-state index contributed by atoms with van der Waals surface area (Å²) in [7, 11) is 1.65. The van der Waals surface area contributed by atoms with E-state index in [0.717, 1.165) is 23.3 Å². The second-order valence-electron chi connectivity index (χ2n) is 5.94. The number of nitrogens with two attached hydrogens (primary N) is 1. The van der Waals surface area contributed by atoms with Crippen molar-refractivity contribution < 1.29 is 18.0 Å². The maximum atomic E-state index is 11.8. The summed E-state index contributed by atoms with van der Waals surface area (Å²) in [5, 5.41) is 0. The molecule has 0 aromatic heterocycles. The summed E-state index contributed by atoms with van der Waals surface area (Å²) >= 11 is 0. The lowest BCUT2D eigenvalue weighted by Crippen LogP contribution is -2.42. The van der Waals surface area contributed by atoms with Crippen LogP contribution in [0.15, 0.2) is 59.6 Å². The Morgan fingerprint density at radius 2 is 1.77 bits per heavy atom. The fourth-order valence-electron chi connectivity index (χ4n) is 2.42. The Balaban J connectivity index is 0.000000209. The minimum Gasteiger partial charge on any atom is -0.369 e. The normalized spacial score (nSPS) is 17.3. The average molecular weight is 363 g/mol. The molecule has 1 aliphatic heterocycles. The summed E-state index contributed by atoms with van der Waals surface area (Å²) < 4.78 is 35.4. The Labute approximate surface area is 150 Å². The molecule has 1 unspecified atom stereocenters. The summed E-state index contributed by atoms with van der Waals surface area (Å²) in [6.45, 7) is 2.02. The largest absolute Gasteiger partial charge is 0.416 e. The van der Waals surface area contributed by atoms with Crippen molar-refractivity contribution in [2.75, 3.05) is 7.05 Å². The Morgan fingerprint density at radius 1 is 1.12 bits per heavy atom. The lowest BCUT2D eigenvalue weighted by Gasteiger charge is -2.25. The lowest BCUT2D eigenvalue weighted by atomic mass is 10.0. The van der Waals surface area contributed by atoms with Crippen LogP contribution in [0.5, 0.6) is 0 Å². The van der Waals surface area contributed by atoms with Crippen LogP contribution in [0, 0.1) is 6.92 Å². The second kappa shape index (κ2) is 8.03. The van der Waals surface area contributed by atoms with Crippen LogP contribution in [0.2, 0.25) is 0 Å². The number of aliphatic imine (C=N–C) groups is 1. The number of hydrogen-bond acceptors (Lipinski definition) is 3. The van der Waals surface area contributed by atoms with Gasteiger partial charge in [-0.2, -0.15) is 13.2 Å². The predicted octanol–water partition coefficient (Wildman–Crippen LogP) is 3.92. The smallest absolute Gasteiger partial charge is 0.369 e. The second-order valence-corrected chi connectivity index (χ2v) is 5.94. The molecule has 0 saturated heterocycles. The molecule has 26 heavy (non-hydrogen) atoms. The van der Waals surface area contributed by atoms with Gasteiger partial charge in [0.2, 0.25) is 5.91 Å². The first kappa shape index (κ1) is 19.5. The van der Waals surface area contributed by atoms with Crippen LogP contribution in [0.25, 0.3) is 0 Å². The molecule has 3 rings (SSSR count). The standard InChI is InChI=1S/C12H15N3O.C7H5F3/c1-8-4-3-5-9(6-8)10-7-11(16)15(2)12(13)14-10;8-7(9,10)6-4-2-1-3-5-6/h3-6,10H,7H2,1-2H3,(H2,13,14);1-5H. The monoisotopic (exact) mass is 363 g/mol. The number of guanidine groups is 1. The van der Waals surface area contributed by atoms with Gasteiger partial charge in [0.25, 0.3) is 0 Å². The molecule has 4 nitrogen and oxygen atoms in total. The van der Waals surface area contributed by atoms with Crippen LogP contribution in [-0.2, 0) is 11.0 Å². The Hall–Kier alpha value is -2.83. The van der Waals surface area contributed by atoms with Gasteiger partial charge in [-0.1, -0.05) is 60.2 Å². The highest BCUT2D eigenvalue weighted by atomic mass is 19.4. The zero-order chi connectivity index (χ0) is 19.3. The van der Waals surface area contributed by atoms with E-state index in [1.54, 1.807) is 13.1 Å². The number of alkyl halides is 3. The fourth-order valence-corrected chi connectivity index (χ4v) is 2.42. The highest BCUT2D eigenvalue weighted by Crippen LogP contribution is 2.28. The van der Waals surface area contributed by atoms with E-state index in [1.807, 2.05) is 31.2 Å². The van der Waals surface area contributed by atoms with E-state index < -0.39 is 11.7 Å². The van der Waals surface area contributed by atoms with Gasteiger partial charge in [0.1, 0.15) is 0 Å². The summed E-state index contributed by atoms with van der Waals surface area (Å²) in [6, 6.07) is 14.2. The van der Waals surface area contributed by atoms with Gasteiger partial charge in [0.05, 0.1) is 18.0 Å². The van der Waals surface area contributed by atoms with Gasteiger partial charge in [-0.25, -0.2) is 4.99 Å². The van der Waals surface area contributed by atoms with E-state index in [9.17, 15) is 18.0 Å². The average Bonchev–Trinajstić information content (AvgIpc) is 2.60. The maximum absolute atomic E-state index is 11.8. The topological polar surface area (TPSA) is 58.7 Å². The zero-order valence-corrected chi connectivity index (χ0v) is 14.5. The van der Waals surface area contributed by atoms with Gasteiger partial charge in [0.15, 0.2) is 5.96 Å². The number of carbonyl (C=O) groups excluding carboxylic acids is 1. The SMILES string of the molecule is Cc1cccc(C2CC(=O)N(C)C(N)=N2)c1.FC(F)(F)c1ccccc1. The van der Waals surface area contributed by atoms with Gasteiger partial charge in [-0.3, -0.25) is 9.69 Å². The van der Waals surface area contributed by atoms with E-state index in [-0.39, 0.29) is 11.9 Å². The van der Waals surface area contributed by atoms with Crippen molar-refractivity contribution in [2.24, 2.45) is 10.7 Å². The predicted molar refractivity (Wildman–Crippen MR) is 94.4 cm³/mol. The van der Waals surface area contributed by atoms with Gasteiger partial charge in [-0.05, 0) is 12.5 Å². The molecule has 2 aromatic rings. The highest BCUT2D eigenvalue weighted by Gasteiger charge is 2.29. The molecule has 0 saturated carbocycles. The molecule has 2 N–H and O–H groups in total. The van der Waals surface area contributed by atoms with Crippen molar-refractivity contribution >= 4 is 11.9 Å². The van der Waals surface area contributed by atoms with Gasteiger partial charge in [0, 0.05) is 7.05 Å². The van der Waals surface area contributed by atoms with Crippen molar-refractivity contribution in [2.45, 2.75) is 25.6 Å². The quantitative estimate of drug-likeness (QED) is 0.835. The van der Waals surface area contributed by atoms with Gasteiger partial charge >= 0.3 is 6.18 Å². The summed E-state index contributed by atoms with van der Waals surface area (Å²) in [4.78, 5) is 17.4. The highest BCUT2D eigenvalue weighted by molar-refractivity contribution is 5.98. The van der Waals surface area contributed by atoms with E-state index >= 15 is 0 Å². The molecular formula is C19H20F3N3O. The number of carbonyl (C=O) groups is 1. The summed E-state index contributed by atoms with van der Waals surface area (Å²) in [5.41, 5.74) is 7.30. The molecule has 0 aliphatic carbocycles. The van der Waals surface area contributed by atoms with Crippen molar-refractivity contribution in [1.29, 1.82) is 0 Å². The van der Waals surface area contributed by atoms with Crippen LogP contribution in [0.1, 0.15) is 29.2 Å². The molecule has 1 heterocycles. The molecule has 0 radical (unpaired) electrons. The number of halogens is 3. The van der Waals surface area contributed by atoms with Crippen LogP contribution in [0.4, 0.5) is 13.2 Å². The lowest BCUT2D eigenvalue weighted by molar-refractivity contribution is -0.137. The molecule has 1 amide bonds. The first-order valence-electron chi connectivity index (χ1n) is 7.97.